The predicted octanol–water partition coefficient (Wildman–Crippen LogP) is 5.38. The Kier molecular flexibility index (Phi) is 6.45. The van der Waals surface area contributed by atoms with Crippen molar-refractivity contribution in [3.05, 3.63) is 0 Å². The monoisotopic (exact) mass is 188 g/mol. The van der Waals surface area contributed by atoms with Gasteiger partial charge in [0, 0.05) is 0 Å². The molecule has 0 bridgehead atoms. The maximum absolute atomic E-state index is 2.35. The van der Waals surface area contributed by atoms with Crippen molar-refractivity contribution >= 4 is 0 Å². The number of hydrogen-bond acceptors (Lipinski definition) is 0. The first kappa shape index (κ1) is 18.7. The van der Waals surface area contributed by atoms with E-state index in [-0.39, 0.29) is 14.9 Å². The smallest absolute Gasteiger partial charge is 0.0257 e. The fourth-order valence-electron chi connectivity index (χ4n) is 1.12. The molecule has 0 unspecified atom stereocenters. The van der Waals surface area contributed by atoms with E-state index in [1.54, 1.807) is 0 Å². The molecule has 0 radical (unpaired) electrons. The Labute approximate surface area is 87.1 Å². The Morgan fingerprint density at radius 3 is 0.615 bits per heavy atom. The molecular weight excluding hydrogens is 156 g/mol. The van der Waals surface area contributed by atoms with E-state index in [9.17, 15) is 0 Å². The first-order chi connectivity index (χ1) is 4.50. The SMILES string of the molecule is C.C.CC(C)(C)C(C)(C)C(C)(C)C. The van der Waals surface area contributed by atoms with E-state index in [1.807, 2.05) is 0 Å². The molecular formula is C13H32. The van der Waals surface area contributed by atoms with Gasteiger partial charge in [-0.25, -0.2) is 0 Å². The van der Waals surface area contributed by atoms with Crippen LogP contribution in [-0.2, 0) is 0 Å². The highest BCUT2D eigenvalue weighted by Gasteiger charge is 2.42. The lowest BCUT2D eigenvalue weighted by Gasteiger charge is -2.49. The van der Waals surface area contributed by atoms with Gasteiger partial charge in [-0.1, -0.05) is 70.2 Å². The van der Waals surface area contributed by atoms with E-state index in [0.29, 0.717) is 16.2 Å². The van der Waals surface area contributed by atoms with Crippen molar-refractivity contribution in [2.45, 2.75) is 70.2 Å². The lowest BCUT2D eigenvalue weighted by atomic mass is 9.56. The molecule has 0 heterocycles. The summed E-state index contributed by atoms with van der Waals surface area (Å²) in [6.07, 6.45) is 0. The Balaban J connectivity index is -0.000000500. The van der Waals surface area contributed by atoms with Gasteiger partial charge in [0.1, 0.15) is 0 Å². The fraction of sp³-hybridized carbons (Fsp3) is 1.00. The molecule has 84 valence electrons. The van der Waals surface area contributed by atoms with Crippen LogP contribution in [-0.4, -0.2) is 0 Å². The first-order valence-electron chi connectivity index (χ1n) is 4.50. The van der Waals surface area contributed by atoms with E-state index >= 15 is 0 Å². The van der Waals surface area contributed by atoms with Gasteiger partial charge in [-0.3, -0.25) is 0 Å². The van der Waals surface area contributed by atoms with Crippen molar-refractivity contribution in [3.63, 3.8) is 0 Å². The van der Waals surface area contributed by atoms with Gasteiger partial charge < -0.3 is 0 Å². The van der Waals surface area contributed by atoms with Gasteiger partial charge in [-0.15, -0.1) is 0 Å². The molecule has 0 heteroatoms. The van der Waals surface area contributed by atoms with Crippen LogP contribution >= 0.6 is 0 Å². The van der Waals surface area contributed by atoms with Crippen LogP contribution in [0.15, 0.2) is 0 Å². The average molecular weight is 188 g/mol. The van der Waals surface area contributed by atoms with E-state index in [0.717, 1.165) is 0 Å². The van der Waals surface area contributed by atoms with Gasteiger partial charge >= 0.3 is 0 Å². The Morgan fingerprint density at radius 1 is 0.462 bits per heavy atom. The fourth-order valence-corrected chi connectivity index (χ4v) is 1.12. The van der Waals surface area contributed by atoms with Crippen molar-refractivity contribution in [2.24, 2.45) is 16.2 Å². The molecule has 0 nitrogen and oxygen atoms in total. The zero-order valence-corrected chi connectivity index (χ0v) is 9.50. The summed E-state index contributed by atoms with van der Waals surface area (Å²) in [7, 11) is 0. The van der Waals surface area contributed by atoms with Crippen LogP contribution < -0.4 is 0 Å². The molecule has 0 aliphatic carbocycles. The Bertz CT molecular complexity index is 111. The maximum atomic E-state index is 2.35. The zero-order valence-electron chi connectivity index (χ0n) is 9.50. The van der Waals surface area contributed by atoms with Crippen LogP contribution in [0.1, 0.15) is 70.2 Å². The highest BCUT2D eigenvalue weighted by molar-refractivity contribution is 4.91. The molecule has 0 N–H and O–H groups in total. The second kappa shape index (κ2) is 4.48. The molecule has 0 fully saturated rings. The third kappa shape index (κ3) is 3.70. The molecule has 0 saturated carbocycles. The summed E-state index contributed by atoms with van der Waals surface area (Å²) in [5.41, 5.74) is 1.14. The van der Waals surface area contributed by atoms with Crippen LogP contribution in [0.3, 0.4) is 0 Å². The number of hydrogen-bond donors (Lipinski definition) is 0. The van der Waals surface area contributed by atoms with Crippen LogP contribution in [0.4, 0.5) is 0 Å². The second-order valence-corrected chi connectivity index (χ2v) is 6.12. The van der Waals surface area contributed by atoms with Crippen LogP contribution in [0, 0.1) is 16.2 Å². The molecule has 0 rings (SSSR count). The summed E-state index contributed by atoms with van der Waals surface area (Å²) in [4.78, 5) is 0. The van der Waals surface area contributed by atoms with Gasteiger partial charge in [-0.05, 0) is 16.2 Å². The summed E-state index contributed by atoms with van der Waals surface area (Å²) in [6.45, 7) is 18.6. The summed E-state index contributed by atoms with van der Waals surface area (Å²) in [5.74, 6) is 0. The highest BCUT2D eigenvalue weighted by atomic mass is 14.5. The van der Waals surface area contributed by atoms with Crippen LogP contribution in [0.2, 0.25) is 0 Å². The summed E-state index contributed by atoms with van der Waals surface area (Å²) in [6, 6.07) is 0. The van der Waals surface area contributed by atoms with Gasteiger partial charge in [0.25, 0.3) is 0 Å². The standard InChI is InChI=1S/C11H24.2CH4/c1-9(2,3)11(7,8)10(4,5)6;;/h1-8H3;2*1H4. The van der Waals surface area contributed by atoms with Crippen molar-refractivity contribution in [3.8, 4) is 0 Å². The lowest BCUT2D eigenvalue weighted by molar-refractivity contribution is 0.00575. The molecule has 0 aliphatic rings. The van der Waals surface area contributed by atoms with Gasteiger partial charge in [0.2, 0.25) is 0 Å². The van der Waals surface area contributed by atoms with Crippen molar-refractivity contribution in [1.29, 1.82) is 0 Å². The molecule has 0 aliphatic heterocycles. The molecule has 0 spiro atoms. The minimum absolute atomic E-state index is 0. The van der Waals surface area contributed by atoms with E-state index in [2.05, 4.69) is 55.4 Å². The second-order valence-electron chi connectivity index (χ2n) is 6.12. The normalized spacial score (nSPS) is 12.9. The molecule has 0 aromatic heterocycles. The minimum Gasteiger partial charge on any atom is -0.0776 e. The summed E-state index contributed by atoms with van der Waals surface area (Å²) in [5, 5.41) is 0. The van der Waals surface area contributed by atoms with Crippen molar-refractivity contribution in [2.75, 3.05) is 0 Å². The lowest BCUT2D eigenvalue weighted by Crippen LogP contribution is -2.41. The van der Waals surface area contributed by atoms with Crippen molar-refractivity contribution in [1.82, 2.24) is 0 Å². The van der Waals surface area contributed by atoms with Gasteiger partial charge in [0.15, 0.2) is 0 Å². The largest absolute Gasteiger partial charge is 0.0776 e. The highest BCUT2D eigenvalue weighted by Crippen LogP contribution is 2.50. The first-order valence-corrected chi connectivity index (χ1v) is 4.50. The molecule has 0 saturated heterocycles. The van der Waals surface area contributed by atoms with Crippen LogP contribution in [0.25, 0.3) is 0 Å². The van der Waals surface area contributed by atoms with E-state index in [4.69, 9.17) is 0 Å². The molecule has 0 atom stereocenters. The molecule has 0 aromatic carbocycles. The summed E-state index contributed by atoms with van der Waals surface area (Å²) < 4.78 is 0. The molecule has 0 aromatic rings. The molecule has 13 heavy (non-hydrogen) atoms. The topological polar surface area (TPSA) is 0 Å². The summed E-state index contributed by atoms with van der Waals surface area (Å²) >= 11 is 0. The third-order valence-electron chi connectivity index (χ3n) is 3.75. The van der Waals surface area contributed by atoms with Crippen LogP contribution in [0.5, 0.6) is 0 Å². The average Bonchev–Trinajstić information content (AvgIpc) is 1.58. The Morgan fingerprint density at radius 2 is 0.615 bits per heavy atom. The molecule has 0 amide bonds. The minimum atomic E-state index is 0. The quantitative estimate of drug-likeness (QED) is 0.479. The Hall–Kier alpha value is 0. The van der Waals surface area contributed by atoms with Gasteiger partial charge in [-0.2, -0.15) is 0 Å². The van der Waals surface area contributed by atoms with E-state index < -0.39 is 0 Å². The van der Waals surface area contributed by atoms with E-state index in [1.165, 1.54) is 0 Å². The van der Waals surface area contributed by atoms with Gasteiger partial charge in [0.05, 0.1) is 0 Å². The number of rotatable bonds is 0. The third-order valence-corrected chi connectivity index (χ3v) is 3.75. The predicted molar refractivity (Wildman–Crippen MR) is 66.2 cm³/mol. The zero-order chi connectivity index (χ0) is 9.50. The maximum Gasteiger partial charge on any atom is -0.0257 e. The van der Waals surface area contributed by atoms with Crippen molar-refractivity contribution < 1.29 is 0 Å².